The number of nitrogens with zero attached hydrogens (tertiary/aromatic N) is 2. The second kappa shape index (κ2) is 6.50. The Morgan fingerprint density at radius 2 is 1.92 bits per heavy atom. The molecule has 1 aromatic heterocycles. The van der Waals surface area contributed by atoms with E-state index in [1.807, 2.05) is 0 Å². The molecule has 2 aromatic rings. The zero-order valence-electron chi connectivity index (χ0n) is 13.0. The number of amides is 3. The Kier molecular flexibility index (Phi) is 4.65. The number of likely N-dealkylation sites (N-methyl/N-ethyl adjacent to an activating group) is 2. The molecule has 1 atom stereocenters. The summed E-state index contributed by atoms with van der Waals surface area (Å²) in [4.78, 5) is 40.1. The first-order valence-corrected chi connectivity index (χ1v) is 6.84. The summed E-state index contributed by atoms with van der Waals surface area (Å²) in [6.45, 7) is 0. The van der Waals surface area contributed by atoms with Crippen LogP contribution in [0.3, 0.4) is 0 Å². The SMILES string of the molecule is CNC(=O)C(O)(C(N)=O)N(C)C(=O)c1ccc(-c2cnco2)cc1. The molecular weight excluding hydrogens is 316 g/mol. The van der Waals surface area contributed by atoms with Gasteiger partial charge in [-0.2, -0.15) is 0 Å². The van der Waals surface area contributed by atoms with Crippen LogP contribution in [0.4, 0.5) is 0 Å². The summed E-state index contributed by atoms with van der Waals surface area (Å²) in [5.41, 5.74) is 3.12. The second-order valence-electron chi connectivity index (χ2n) is 4.92. The van der Waals surface area contributed by atoms with E-state index in [1.54, 1.807) is 12.1 Å². The molecule has 0 saturated heterocycles. The molecule has 0 spiro atoms. The lowest BCUT2D eigenvalue weighted by atomic mass is 10.1. The molecule has 1 heterocycles. The number of aliphatic hydroxyl groups is 1. The lowest BCUT2D eigenvalue weighted by Crippen LogP contribution is -2.65. The van der Waals surface area contributed by atoms with Gasteiger partial charge in [0.25, 0.3) is 17.7 Å². The van der Waals surface area contributed by atoms with E-state index < -0.39 is 23.4 Å². The van der Waals surface area contributed by atoms with Crippen molar-refractivity contribution in [3.05, 3.63) is 42.4 Å². The Hall–Kier alpha value is -3.20. The molecule has 9 heteroatoms. The van der Waals surface area contributed by atoms with Crippen LogP contribution in [0.2, 0.25) is 0 Å². The molecule has 0 saturated carbocycles. The summed E-state index contributed by atoms with van der Waals surface area (Å²) in [5.74, 6) is -2.72. The molecule has 0 fully saturated rings. The molecule has 0 bridgehead atoms. The first-order valence-electron chi connectivity index (χ1n) is 6.84. The highest BCUT2D eigenvalue weighted by atomic mass is 16.3. The number of rotatable bonds is 5. The molecule has 0 radical (unpaired) electrons. The van der Waals surface area contributed by atoms with E-state index in [-0.39, 0.29) is 5.56 Å². The average Bonchev–Trinajstić information content (AvgIpc) is 3.13. The van der Waals surface area contributed by atoms with Crippen LogP contribution in [0.15, 0.2) is 41.3 Å². The summed E-state index contributed by atoms with van der Waals surface area (Å²) < 4.78 is 5.14. The fourth-order valence-corrected chi connectivity index (χ4v) is 2.08. The number of nitrogens with one attached hydrogen (secondary N) is 1. The maximum atomic E-state index is 12.5. The van der Waals surface area contributed by atoms with Gasteiger partial charge < -0.3 is 20.6 Å². The van der Waals surface area contributed by atoms with Crippen molar-refractivity contribution in [3.8, 4) is 11.3 Å². The minimum atomic E-state index is -2.80. The number of hydrogen-bond donors (Lipinski definition) is 3. The number of primary amides is 1. The highest BCUT2D eigenvalue weighted by Crippen LogP contribution is 2.21. The maximum Gasteiger partial charge on any atom is 0.302 e. The lowest BCUT2D eigenvalue weighted by Gasteiger charge is -2.32. The summed E-state index contributed by atoms with van der Waals surface area (Å²) in [5, 5.41) is 12.4. The zero-order chi connectivity index (χ0) is 17.9. The number of aromatic nitrogens is 1. The topological polar surface area (TPSA) is 139 Å². The number of hydrogen-bond acceptors (Lipinski definition) is 6. The summed E-state index contributed by atoms with van der Waals surface area (Å²) in [6, 6.07) is 6.12. The largest absolute Gasteiger partial charge is 0.444 e. The molecule has 3 amide bonds. The Labute approximate surface area is 137 Å². The molecule has 0 aliphatic heterocycles. The van der Waals surface area contributed by atoms with Crippen LogP contribution in [0, 0.1) is 0 Å². The van der Waals surface area contributed by atoms with Crippen LogP contribution in [0.1, 0.15) is 10.4 Å². The van der Waals surface area contributed by atoms with Gasteiger partial charge >= 0.3 is 5.72 Å². The van der Waals surface area contributed by atoms with Gasteiger partial charge in [-0.1, -0.05) is 12.1 Å². The van der Waals surface area contributed by atoms with Crippen molar-refractivity contribution in [3.63, 3.8) is 0 Å². The average molecular weight is 332 g/mol. The van der Waals surface area contributed by atoms with Gasteiger partial charge in [0.15, 0.2) is 12.2 Å². The smallest absolute Gasteiger partial charge is 0.302 e. The Balaban J connectivity index is 2.30. The van der Waals surface area contributed by atoms with Crippen LogP contribution >= 0.6 is 0 Å². The predicted octanol–water partition coefficient (Wildman–Crippen LogP) is -0.666. The Morgan fingerprint density at radius 3 is 2.38 bits per heavy atom. The van der Waals surface area contributed by atoms with Gasteiger partial charge in [0.05, 0.1) is 6.20 Å². The van der Waals surface area contributed by atoms with Gasteiger partial charge in [0, 0.05) is 25.2 Å². The Morgan fingerprint density at radius 1 is 1.29 bits per heavy atom. The molecule has 1 unspecified atom stereocenters. The second-order valence-corrected chi connectivity index (χ2v) is 4.92. The van der Waals surface area contributed by atoms with Crippen LogP contribution in [0.5, 0.6) is 0 Å². The molecular formula is C15H16N4O5. The van der Waals surface area contributed by atoms with E-state index >= 15 is 0 Å². The minimum absolute atomic E-state index is 0.143. The fraction of sp³-hybridized carbons (Fsp3) is 0.200. The van der Waals surface area contributed by atoms with Crippen molar-refractivity contribution >= 4 is 17.7 Å². The van der Waals surface area contributed by atoms with Crippen LogP contribution in [-0.2, 0) is 9.59 Å². The Bertz CT molecular complexity index is 757. The van der Waals surface area contributed by atoms with E-state index in [2.05, 4.69) is 10.3 Å². The van der Waals surface area contributed by atoms with Crippen molar-refractivity contribution in [2.75, 3.05) is 14.1 Å². The number of nitrogens with two attached hydrogens (primary N) is 1. The quantitative estimate of drug-likeness (QED) is 0.490. The van der Waals surface area contributed by atoms with Crippen molar-refractivity contribution in [1.29, 1.82) is 0 Å². The van der Waals surface area contributed by atoms with E-state index in [1.165, 1.54) is 31.8 Å². The molecule has 24 heavy (non-hydrogen) atoms. The van der Waals surface area contributed by atoms with Gasteiger partial charge in [0.2, 0.25) is 0 Å². The molecule has 0 aliphatic rings. The van der Waals surface area contributed by atoms with Crippen molar-refractivity contribution in [2.24, 2.45) is 5.73 Å². The van der Waals surface area contributed by atoms with E-state index in [9.17, 15) is 19.5 Å². The van der Waals surface area contributed by atoms with Crippen LogP contribution in [-0.4, -0.2) is 52.5 Å². The van der Waals surface area contributed by atoms with Crippen LogP contribution in [0.25, 0.3) is 11.3 Å². The molecule has 126 valence electrons. The summed E-state index contributed by atoms with van der Waals surface area (Å²) in [7, 11) is 2.31. The third-order valence-electron chi connectivity index (χ3n) is 3.53. The number of carbonyl (C=O) groups excluding carboxylic acids is 3. The summed E-state index contributed by atoms with van der Waals surface area (Å²) >= 11 is 0. The molecule has 2 rings (SSSR count). The molecule has 1 aromatic carbocycles. The molecule has 0 aliphatic carbocycles. The first-order chi connectivity index (χ1) is 11.3. The number of carbonyl (C=O) groups is 3. The highest BCUT2D eigenvalue weighted by Gasteiger charge is 2.48. The highest BCUT2D eigenvalue weighted by molar-refractivity contribution is 6.11. The van der Waals surface area contributed by atoms with Gasteiger partial charge in [-0.05, 0) is 12.1 Å². The van der Waals surface area contributed by atoms with Crippen molar-refractivity contribution < 1.29 is 23.9 Å². The van der Waals surface area contributed by atoms with Gasteiger partial charge in [0.1, 0.15) is 0 Å². The third kappa shape index (κ3) is 2.84. The fourth-order valence-electron chi connectivity index (χ4n) is 2.08. The molecule has 4 N–H and O–H groups in total. The number of benzene rings is 1. The molecule has 9 nitrogen and oxygen atoms in total. The van der Waals surface area contributed by atoms with Crippen molar-refractivity contribution in [2.45, 2.75) is 5.72 Å². The number of oxazole rings is 1. The van der Waals surface area contributed by atoms with Gasteiger partial charge in [-0.3, -0.25) is 19.3 Å². The third-order valence-corrected chi connectivity index (χ3v) is 3.53. The van der Waals surface area contributed by atoms with Gasteiger partial charge in [-0.15, -0.1) is 0 Å². The predicted molar refractivity (Wildman–Crippen MR) is 82.2 cm³/mol. The summed E-state index contributed by atoms with van der Waals surface area (Å²) in [6.07, 6.45) is 2.79. The van der Waals surface area contributed by atoms with Gasteiger partial charge in [-0.25, -0.2) is 4.98 Å². The monoisotopic (exact) mass is 332 g/mol. The van der Waals surface area contributed by atoms with E-state index in [0.717, 1.165) is 7.05 Å². The zero-order valence-corrected chi connectivity index (χ0v) is 13.0. The van der Waals surface area contributed by atoms with Crippen molar-refractivity contribution in [1.82, 2.24) is 15.2 Å². The van der Waals surface area contributed by atoms with E-state index in [4.69, 9.17) is 10.2 Å². The first kappa shape index (κ1) is 17.2. The van der Waals surface area contributed by atoms with E-state index in [0.29, 0.717) is 16.2 Å². The normalized spacial score (nSPS) is 13.0. The lowest BCUT2D eigenvalue weighted by molar-refractivity contribution is -0.166. The minimum Gasteiger partial charge on any atom is -0.444 e. The van der Waals surface area contributed by atoms with Crippen LogP contribution < -0.4 is 11.1 Å². The maximum absolute atomic E-state index is 12.5. The standard InChI is InChI=1S/C15H16N4O5/c1-17-14(22)15(23,13(16)21)19(2)12(20)10-5-3-9(4-6-10)11-7-18-8-24-11/h3-8,23H,1-2H3,(H2,16,21)(H,17,22).